The van der Waals surface area contributed by atoms with Crippen molar-refractivity contribution in [3.8, 4) is 0 Å². The molecule has 0 atom stereocenters. The van der Waals surface area contributed by atoms with Gasteiger partial charge in [-0.25, -0.2) is 9.59 Å². The van der Waals surface area contributed by atoms with Gasteiger partial charge in [-0.3, -0.25) is 40.4 Å². The van der Waals surface area contributed by atoms with E-state index in [-0.39, 0.29) is 54.2 Å². The normalized spacial score (nSPS) is 20.6. The molecule has 2 fully saturated rings. The zero-order valence-corrected chi connectivity index (χ0v) is 19.4. The number of rotatable bonds is 7. The first kappa shape index (κ1) is 25.3. The summed E-state index contributed by atoms with van der Waals surface area (Å²) in [5.41, 5.74) is -4.32. The Morgan fingerprint density at radius 3 is 1.03 bits per heavy atom. The van der Waals surface area contributed by atoms with Crippen molar-refractivity contribution >= 4 is 35.7 Å². The Bertz CT molecular complexity index is 647. The van der Waals surface area contributed by atoms with E-state index in [9.17, 15) is 28.8 Å². The van der Waals surface area contributed by atoms with E-state index in [4.69, 9.17) is 0 Å². The summed E-state index contributed by atoms with van der Waals surface area (Å²) in [6, 6.07) is -2.02. The summed E-state index contributed by atoms with van der Waals surface area (Å²) < 4.78 is 0. The van der Waals surface area contributed by atoms with Crippen LogP contribution < -0.4 is 50.8 Å². The minimum Gasteiger partial charge on any atom is -0.277 e. The molecule has 0 radical (unpaired) electrons. The van der Waals surface area contributed by atoms with Gasteiger partial charge in [-0.15, -0.1) is 0 Å². The van der Waals surface area contributed by atoms with Crippen LogP contribution >= 0.6 is 0 Å². The molecule has 2 rings (SSSR count). The zero-order chi connectivity index (χ0) is 21.3. The van der Waals surface area contributed by atoms with Crippen molar-refractivity contribution in [2.24, 2.45) is 22.7 Å². The van der Waals surface area contributed by atoms with Crippen LogP contribution in [0.2, 0.25) is 0 Å². The smallest absolute Gasteiger partial charge is 0.277 e. The molecule has 29 heavy (non-hydrogen) atoms. The van der Waals surface area contributed by atoms with Crippen molar-refractivity contribution in [3.05, 3.63) is 0 Å². The van der Waals surface area contributed by atoms with Crippen molar-refractivity contribution in [2.45, 2.75) is 53.4 Å². The van der Waals surface area contributed by atoms with Crippen LogP contribution in [0.4, 0.5) is 9.59 Å². The van der Waals surface area contributed by atoms with Crippen LogP contribution in [0, 0.1) is 22.7 Å². The molecule has 4 N–H and O–H groups in total. The fraction of sp³-hybridized carbons (Fsp3) is 0.667. The fourth-order valence-electron chi connectivity index (χ4n) is 3.77. The average molecular weight is 417 g/mol. The van der Waals surface area contributed by atoms with E-state index in [0.717, 1.165) is 0 Å². The second-order valence-electron chi connectivity index (χ2n) is 8.15. The number of nitrogens with one attached hydrogen (secondary N) is 4. The van der Waals surface area contributed by atoms with Gasteiger partial charge in [-0.2, -0.15) is 0 Å². The summed E-state index contributed by atoms with van der Waals surface area (Å²) in [4.78, 5) is 75.5. The van der Waals surface area contributed by atoms with Gasteiger partial charge >= 0.3 is 41.6 Å². The van der Waals surface area contributed by atoms with Crippen LogP contribution in [0.15, 0.2) is 0 Å². The number of amides is 8. The first-order valence-electron chi connectivity index (χ1n) is 9.31. The van der Waals surface area contributed by atoms with E-state index >= 15 is 0 Å². The Hall–Kier alpha value is -1.78. The van der Waals surface area contributed by atoms with Crippen molar-refractivity contribution in [1.82, 2.24) is 21.3 Å². The third-order valence-electron chi connectivity index (χ3n) is 5.38. The maximum atomic E-state index is 13.0. The predicted molar refractivity (Wildman–Crippen MR) is 96.4 cm³/mol. The summed E-state index contributed by atoms with van der Waals surface area (Å²) in [5.74, 6) is -3.94. The Morgan fingerprint density at radius 1 is 0.586 bits per heavy atom. The molecule has 11 heteroatoms. The van der Waals surface area contributed by atoms with E-state index in [0.29, 0.717) is 12.8 Å². The molecule has 0 aromatic heterocycles. The van der Waals surface area contributed by atoms with Gasteiger partial charge in [0, 0.05) is 0 Å². The van der Waals surface area contributed by atoms with E-state index in [1.165, 1.54) is 0 Å². The molecule has 8 amide bonds. The average Bonchev–Trinajstić information content (AvgIpc) is 2.54. The zero-order valence-electron chi connectivity index (χ0n) is 17.4. The molecule has 0 aliphatic carbocycles. The molecule has 0 aromatic carbocycles. The number of carbonyl (C=O) groups excluding carboxylic acids is 6. The Labute approximate surface area is 191 Å². The molecule has 0 saturated carbocycles. The molecule has 0 spiro atoms. The van der Waals surface area contributed by atoms with Gasteiger partial charge in [-0.1, -0.05) is 27.7 Å². The summed E-state index contributed by atoms with van der Waals surface area (Å²) in [5, 5.41) is 8.13. The van der Waals surface area contributed by atoms with Gasteiger partial charge < -0.3 is 0 Å². The van der Waals surface area contributed by atoms with Gasteiger partial charge in [0.05, 0.1) is 0 Å². The molecule has 0 unspecified atom stereocenters. The Balaban J connectivity index is 0.00000420. The van der Waals surface area contributed by atoms with Gasteiger partial charge in [-0.05, 0) is 37.5 Å². The minimum absolute atomic E-state index is 0. The summed E-state index contributed by atoms with van der Waals surface area (Å²) in [6.45, 7) is 7.46. The van der Waals surface area contributed by atoms with Crippen LogP contribution in [0.1, 0.15) is 53.4 Å². The van der Waals surface area contributed by atoms with Crippen molar-refractivity contribution in [1.29, 1.82) is 0 Å². The maximum absolute atomic E-state index is 13.0. The largest absolute Gasteiger partial charge is 1.00 e. The Morgan fingerprint density at radius 2 is 0.828 bits per heavy atom. The van der Waals surface area contributed by atoms with Crippen LogP contribution in [0.3, 0.4) is 0 Å². The van der Waals surface area contributed by atoms with E-state index in [2.05, 4.69) is 0 Å². The molecule has 0 bridgehead atoms. The topological polar surface area (TPSA) is 151 Å². The Kier molecular flexibility index (Phi) is 8.15. The van der Waals surface area contributed by atoms with Gasteiger partial charge in [0.15, 0.2) is 10.8 Å². The molecule has 10 nitrogen and oxygen atoms in total. The molecule has 2 heterocycles. The first-order valence-corrected chi connectivity index (χ1v) is 9.31. The van der Waals surface area contributed by atoms with Crippen LogP contribution in [-0.2, 0) is 19.2 Å². The molecule has 154 valence electrons. The molecule has 2 aliphatic rings. The maximum Gasteiger partial charge on any atom is 1.00 e. The van der Waals surface area contributed by atoms with Gasteiger partial charge in [0.2, 0.25) is 23.6 Å². The standard InChI is InChI=1S/C18H26N4O6.Na/c1-9(2)5-7-17(11(23)19-15(27)20-12(17)24)18(8-6-10(3)4)13(25)21-16(28)22-14(18)26;/h9-10H,5-8H2,1-4H3,(H2,19,20,23,24,27)(H2,21,22,25,26,28);/q;+1. The number of imide groups is 4. The summed E-state index contributed by atoms with van der Waals surface area (Å²) in [6.07, 6.45) is 0.408. The fourth-order valence-corrected chi connectivity index (χ4v) is 3.77. The molecular weight excluding hydrogens is 391 g/mol. The van der Waals surface area contributed by atoms with Crippen LogP contribution in [0.5, 0.6) is 0 Å². The number of barbiturate groups is 2. The van der Waals surface area contributed by atoms with E-state index in [1.807, 2.05) is 49.0 Å². The number of carbonyl (C=O) groups is 6. The van der Waals surface area contributed by atoms with Gasteiger partial charge in [0.1, 0.15) is 0 Å². The second kappa shape index (κ2) is 9.36. The predicted octanol–water partition coefficient (Wildman–Crippen LogP) is -2.43. The molecule has 2 saturated heterocycles. The number of hydrogen-bond acceptors (Lipinski definition) is 6. The molecule has 0 aromatic rings. The summed E-state index contributed by atoms with van der Waals surface area (Å²) in [7, 11) is 0. The van der Waals surface area contributed by atoms with Gasteiger partial charge in [0.25, 0.3) is 0 Å². The van der Waals surface area contributed by atoms with E-state index < -0.39 is 46.5 Å². The number of urea groups is 2. The monoisotopic (exact) mass is 417 g/mol. The third kappa shape index (κ3) is 4.39. The summed E-state index contributed by atoms with van der Waals surface area (Å²) >= 11 is 0. The van der Waals surface area contributed by atoms with Crippen molar-refractivity contribution in [3.63, 3.8) is 0 Å². The van der Waals surface area contributed by atoms with Crippen LogP contribution in [-0.4, -0.2) is 35.7 Å². The van der Waals surface area contributed by atoms with Crippen molar-refractivity contribution < 1.29 is 58.3 Å². The first-order chi connectivity index (χ1) is 13.0. The number of hydrogen-bond donors (Lipinski definition) is 4. The minimum atomic E-state index is -2.16. The quantitative estimate of drug-likeness (QED) is 0.267. The van der Waals surface area contributed by atoms with Crippen LogP contribution in [0.25, 0.3) is 0 Å². The molecular formula is C18H26N4NaO6+. The SMILES string of the molecule is CC(C)CCC1(C2(CCC(C)C)C(=O)NC(=O)NC2=O)C(=O)NC(=O)NC1=O.[Na+]. The van der Waals surface area contributed by atoms with E-state index in [1.54, 1.807) is 0 Å². The molecule has 2 aliphatic heterocycles. The third-order valence-corrected chi connectivity index (χ3v) is 5.38. The second-order valence-corrected chi connectivity index (χ2v) is 8.15. The van der Waals surface area contributed by atoms with Crippen molar-refractivity contribution in [2.75, 3.05) is 0 Å².